The van der Waals surface area contributed by atoms with Crippen molar-refractivity contribution in [3.63, 3.8) is 0 Å². The summed E-state index contributed by atoms with van der Waals surface area (Å²) in [6.45, 7) is 0.120. The first kappa shape index (κ1) is 25.8. The highest BCUT2D eigenvalue weighted by Crippen LogP contribution is 2.36. The van der Waals surface area contributed by atoms with Gasteiger partial charge in [-0.15, -0.1) is 0 Å². The highest BCUT2D eigenvalue weighted by atomic mass is 32.2. The average Bonchev–Trinajstić information content (AvgIpc) is 3.25. The number of nitrogens with zero attached hydrogens (tertiary/aromatic N) is 3. The summed E-state index contributed by atoms with van der Waals surface area (Å²) in [5.41, 5.74) is -0.186. The van der Waals surface area contributed by atoms with Crippen molar-refractivity contribution in [2.24, 2.45) is 0 Å². The number of carbonyl (C=O) groups excluding carboxylic acids is 1. The summed E-state index contributed by atoms with van der Waals surface area (Å²) < 4.78 is 84.6. The van der Waals surface area contributed by atoms with Crippen molar-refractivity contribution in [3.8, 4) is 17.0 Å². The zero-order valence-corrected chi connectivity index (χ0v) is 20.3. The van der Waals surface area contributed by atoms with E-state index in [9.17, 15) is 35.9 Å². The molecule has 38 heavy (non-hydrogen) atoms. The monoisotopic (exact) mass is 549 g/mol. The maximum absolute atomic E-state index is 13.5. The number of rotatable bonds is 7. The lowest BCUT2D eigenvalue weighted by Crippen LogP contribution is -2.54. The molecule has 0 amide bonds. The fraction of sp³-hybridized carbons (Fsp3) is 0.240. The van der Waals surface area contributed by atoms with Crippen LogP contribution in [0.2, 0.25) is 0 Å². The smallest absolute Gasteiger partial charge is 0.416 e. The predicted octanol–water partition coefficient (Wildman–Crippen LogP) is 4.72. The summed E-state index contributed by atoms with van der Waals surface area (Å²) >= 11 is 0. The lowest BCUT2D eigenvalue weighted by molar-refractivity contribution is -0.137. The van der Waals surface area contributed by atoms with Gasteiger partial charge in [-0.25, -0.2) is 22.8 Å². The van der Waals surface area contributed by atoms with Gasteiger partial charge in [0.15, 0.2) is 5.78 Å². The molecule has 1 aliphatic rings. The first-order valence-corrected chi connectivity index (χ1v) is 12.8. The van der Waals surface area contributed by atoms with E-state index >= 15 is 0 Å². The van der Waals surface area contributed by atoms with Crippen LogP contribution in [0, 0.1) is 5.82 Å². The summed E-state index contributed by atoms with van der Waals surface area (Å²) in [7, 11) is -4.13. The number of phenols is 1. The number of aromatic hydroxyl groups is 1. The summed E-state index contributed by atoms with van der Waals surface area (Å²) in [5, 5.41) is 9.99. The summed E-state index contributed by atoms with van der Waals surface area (Å²) in [6, 6.07) is 7.90. The van der Waals surface area contributed by atoms with E-state index in [2.05, 4.69) is 9.97 Å². The number of carbonyl (C=O) groups is 1. The van der Waals surface area contributed by atoms with Gasteiger partial charge in [0, 0.05) is 35.7 Å². The fourth-order valence-corrected chi connectivity index (χ4v) is 5.84. The molecular formula is C25H19F4N3O5S. The molecule has 1 aliphatic heterocycles. The molecule has 13 heteroatoms. The van der Waals surface area contributed by atoms with Crippen LogP contribution in [-0.4, -0.2) is 46.2 Å². The van der Waals surface area contributed by atoms with Gasteiger partial charge in [0.05, 0.1) is 17.3 Å². The van der Waals surface area contributed by atoms with Crippen LogP contribution >= 0.6 is 0 Å². The first-order chi connectivity index (χ1) is 17.9. The first-order valence-electron chi connectivity index (χ1n) is 11.4. The predicted molar refractivity (Wildman–Crippen MR) is 126 cm³/mol. The average molecular weight is 550 g/mol. The number of hydrogen-bond acceptors (Lipinski definition) is 7. The SMILES string of the molecule is O=C(CCc1cc(-c2ccc(C(F)(F)F)cc2O)ncn1)[C@@H]1CCN1S(=O)(=O)c1cc2cc(F)ccc2o1. The van der Waals surface area contributed by atoms with Gasteiger partial charge in [-0.2, -0.15) is 17.5 Å². The van der Waals surface area contributed by atoms with Gasteiger partial charge < -0.3 is 9.52 Å². The minimum Gasteiger partial charge on any atom is -0.507 e. The zero-order valence-electron chi connectivity index (χ0n) is 19.4. The van der Waals surface area contributed by atoms with Gasteiger partial charge in [0.1, 0.15) is 23.5 Å². The van der Waals surface area contributed by atoms with E-state index in [1.54, 1.807) is 0 Å². The quantitative estimate of drug-likeness (QED) is 0.332. The number of ketones is 1. The third kappa shape index (κ3) is 4.86. The Hall–Kier alpha value is -3.84. The molecule has 1 saturated heterocycles. The Kier molecular flexibility index (Phi) is 6.43. The van der Waals surface area contributed by atoms with E-state index in [0.717, 1.165) is 34.9 Å². The van der Waals surface area contributed by atoms with Crippen molar-refractivity contribution in [1.82, 2.24) is 14.3 Å². The Morgan fingerprint density at radius 3 is 2.58 bits per heavy atom. The number of benzene rings is 2. The topological polar surface area (TPSA) is 114 Å². The second-order valence-electron chi connectivity index (χ2n) is 8.76. The third-order valence-corrected chi connectivity index (χ3v) is 8.08. The number of sulfonamides is 1. The molecule has 0 aliphatic carbocycles. The van der Waals surface area contributed by atoms with Crippen molar-refractivity contribution in [2.75, 3.05) is 6.54 Å². The highest BCUT2D eigenvalue weighted by molar-refractivity contribution is 7.89. The molecule has 0 unspecified atom stereocenters. The van der Waals surface area contributed by atoms with E-state index in [4.69, 9.17) is 4.42 Å². The van der Waals surface area contributed by atoms with Crippen LogP contribution in [0.3, 0.4) is 0 Å². The second-order valence-corrected chi connectivity index (χ2v) is 10.6. The van der Waals surface area contributed by atoms with E-state index in [1.807, 2.05) is 0 Å². The molecule has 8 nitrogen and oxygen atoms in total. The van der Waals surface area contributed by atoms with Gasteiger partial charge in [-0.05, 0) is 55.3 Å². The molecule has 1 atom stereocenters. The molecule has 2 aromatic heterocycles. The summed E-state index contributed by atoms with van der Waals surface area (Å²) in [4.78, 5) is 20.9. The Balaban J connectivity index is 1.27. The number of aryl methyl sites for hydroxylation is 1. The molecule has 1 fully saturated rings. The number of furan rings is 1. The molecule has 0 spiro atoms. The largest absolute Gasteiger partial charge is 0.507 e. The number of alkyl halides is 3. The molecule has 198 valence electrons. The Bertz CT molecular complexity index is 1650. The van der Waals surface area contributed by atoms with Crippen LogP contribution in [0.25, 0.3) is 22.2 Å². The fourth-order valence-electron chi connectivity index (χ4n) is 4.23. The highest BCUT2D eigenvalue weighted by Gasteiger charge is 2.43. The van der Waals surface area contributed by atoms with Gasteiger partial charge in [-0.3, -0.25) is 4.79 Å². The zero-order chi connectivity index (χ0) is 27.2. The van der Waals surface area contributed by atoms with E-state index in [-0.39, 0.29) is 52.5 Å². The van der Waals surface area contributed by atoms with Crippen LogP contribution < -0.4 is 0 Å². The van der Waals surface area contributed by atoms with Gasteiger partial charge in [0.2, 0.25) is 5.09 Å². The summed E-state index contributed by atoms with van der Waals surface area (Å²) in [6.07, 6.45) is -3.07. The number of hydrogen-bond donors (Lipinski definition) is 1. The third-order valence-electron chi connectivity index (χ3n) is 6.31. The van der Waals surface area contributed by atoms with Crippen LogP contribution in [0.1, 0.15) is 24.1 Å². The van der Waals surface area contributed by atoms with E-state index < -0.39 is 39.4 Å². The van der Waals surface area contributed by atoms with Crippen molar-refractivity contribution >= 4 is 26.8 Å². The van der Waals surface area contributed by atoms with E-state index in [0.29, 0.717) is 18.2 Å². The maximum atomic E-state index is 13.5. The minimum atomic E-state index is -4.61. The van der Waals surface area contributed by atoms with Crippen molar-refractivity contribution in [1.29, 1.82) is 0 Å². The maximum Gasteiger partial charge on any atom is 0.416 e. The lowest BCUT2D eigenvalue weighted by atomic mass is 9.98. The van der Waals surface area contributed by atoms with Gasteiger partial charge in [0.25, 0.3) is 10.0 Å². The molecule has 0 saturated carbocycles. The van der Waals surface area contributed by atoms with E-state index in [1.165, 1.54) is 18.2 Å². The van der Waals surface area contributed by atoms with Crippen LogP contribution in [0.5, 0.6) is 5.75 Å². The molecular weight excluding hydrogens is 530 g/mol. The number of fused-ring (bicyclic) bond motifs is 1. The van der Waals surface area contributed by atoms with Crippen LogP contribution in [0.15, 0.2) is 64.4 Å². The van der Waals surface area contributed by atoms with Crippen molar-refractivity contribution in [2.45, 2.75) is 36.6 Å². The van der Waals surface area contributed by atoms with Crippen LogP contribution in [-0.2, 0) is 27.4 Å². The molecule has 5 rings (SSSR count). The van der Waals surface area contributed by atoms with Gasteiger partial charge in [-0.1, -0.05) is 0 Å². The molecule has 3 heterocycles. The van der Waals surface area contributed by atoms with Crippen molar-refractivity contribution < 1.29 is 40.3 Å². The second kappa shape index (κ2) is 9.48. The summed E-state index contributed by atoms with van der Waals surface area (Å²) in [5.74, 6) is -1.50. The molecule has 0 bridgehead atoms. The van der Waals surface area contributed by atoms with Gasteiger partial charge >= 0.3 is 6.18 Å². The minimum absolute atomic E-state index is 0.0581. The normalized spacial score (nSPS) is 16.5. The van der Waals surface area contributed by atoms with Crippen LogP contribution in [0.4, 0.5) is 17.6 Å². The lowest BCUT2D eigenvalue weighted by Gasteiger charge is -2.37. The molecule has 4 aromatic rings. The Morgan fingerprint density at radius 1 is 1.11 bits per heavy atom. The Morgan fingerprint density at radius 2 is 1.89 bits per heavy atom. The van der Waals surface area contributed by atoms with Crippen molar-refractivity contribution in [3.05, 3.63) is 71.9 Å². The Labute approximate surface area is 213 Å². The molecule has 0 radical (unpaired) electrons. The standard InChI is InChI=1S/C25H19F4N3O5S/c26-16-2-6-23-14(9-16)10-24(37-23)38(35,36)32-8-7-20(32)21(33)5-3-17-12-19(31-13-30-17)18-4-1-15(11-22(18)34)25(27,28)29/h1-2,4,6,9-13,20,34H,3,5,7-8H2/t20-/m0/s1. The number of aromatic nitrogens is 2. The number of phenolic OH excluding ortho intramolecular Hbond substituents is 1. The molecule has 2 aromatic carbocycles. The molecule has 1 N–H and O–H groups in total. The number of halogens is 4. The number of Topliss-reactive ketones (excluding diaryl/α,β-unsaturated/α-hetero) is 1.